The van der Waals surface area contributed by atoms with Crippen molar-refractivity contribution in [2.45, 2.75) is 49.8 Å². The fourth-order valence-corrected chi connectivity index (χ4v) is 4.66. The highest BCUT2D eigenvalue weighted by Crippen LogP contribution is 2.23. The fraction of sp³-hybridized carbons (Fsp3) is 0.909. The molecule has 0 bridgehead atoms. The largest absolute Gasteiger partial charge is 0.480 e. The van der Waals surface area contributed by atoms with Gasteiger partial charge in [0.2, 0.25) is 10.0 Å². The topological polar surface area (TPSA) is 118 Å². The van der Waals surface area contributed by atoms with E-state index in [1.165, 1.54) is 0 Å². The monoisotopic (exact) mass is 327 g/mol. The molecule has 1 rings (SSSR count). The minimum atomic E-state index is -3.72. The van der Waals surface area contributed by atoms with E-state index in [1.54, 1.807) is 0 Å². The van der Waals surface area contributed by atoms with Gasteiger partial charge < -0.3 is 5.11 Å². The Morgan fingerprint density at radius 1 is 1.20 bits per heavy atom. The second-order valence-electron chi connectivity index (χ2n) is 5.23. The summed E-state index contributed by atoms with van der Waals surface area (Å²) in [5.74, 6) is -1.72. The van der Waals surface area contributed by atoms with Crippen LogP contribution in [-0.2, 0) is 24.7 Å². The van der Waals surface area contributed by atoms with E-state index in [-0.39, 0.29) is 12.2 Å². The Kier molecular flexibility index (Phi) is 5.96. The molecule has 0 saturated heterocycles. The van der Waals surface area contributed by atoms with Gasteiger partial charge in [0.1, 0.15) is 15.9 Å². The maximum Gasteiger partial charge on any atom is 0.321 e. The van der Waals surface area contributed by atoms with Gasteiger partial charge in [0.05, 0.1) is 11.0 Å². The minimum absolute atomic E-state index is 0.264. The summed E-state index contributed by atoms with van der Waals surface area (Å²) in [6.45, 7) is 0. The highest BCUT2D eigenvalue weighted by molar-refractivity contribution is 7.90. The summed E-state index contributed by atoms with van der Waals surface area (Å²) in [7, 11) is -7.05. The zero-order valence-corrected chi connectivity index (χ0v) is 13.0. The van der Waals surface area contributed by atoms with Crippen LogP contribution in [0.15, 0.2) is 0 Å². The number of hydrogen-bond donors (Lipinski definition) is 2. The molecule has 1 fully saturated rings. The van der Waals surface area contributed by atoms with Crippen LogP contribution < -0.4 is 4.72 Å². The molecule has 20 heavy (non-hydrogen) atoms. The third-order valence-electron chi connectivity index (χ3n) is 3.37. The van der Waals surface area contributed by atoms with E-state index in [9.17, 15) is 21.6 Å². The molecule has 0 aromatic rings. The Hall–Kier alpha value is -0.670. The van der Waals surface area contributed by atoms with Crippen molar-refractivity contribution in [3.8, 4) is 0 Å². The lowest BCUT2D eigenvalue weighted by Gasteiger charge is -2.24. The molecule has 1 aliphatic rings. The van der Waals surface area contributed by atoms with Crippen LogP contribution in [0.2, 0.25) is 0 Å². The van der Waals surface area contributed by atoms with Crippen molar-refractivity contribution < 1.29 is 26.7 Å². The van der Waals surface area contributed by atoms with Crippen LogP contribution in [-0.4, -0.2) is 51.2 Å². The van der Waals surface area contributed by atoms with E-state index < -0.39 is 37.1 Å². The third kappa shape index (κ3) is 5.76. The number of hydrogen-bond acceptors (Lipinski definition) is 5. The van der Waals surface area contributed by atoms with Crippen LogP contribution in [0.3, 0.4) is 0 Å². The average molecular weight is 327 g/mol. The summed E-state index contributed by atoms with van der Waals surface area (Å²) in [5, 5.41) is 8.44. The summed E-state index contributed by atoms with van der Waals surface area (Å²) in [4.78, 5) is 11.1. The Morgan fingerprint density at radius 3 is 2.20 bits per heavy atom. The van der Waals surface area contributed by atoms with Gasteiger partial charge in [-0.25, -0.2) is 21.6 Å². The molecule has 0 aromatic carbocycles. The first kappa shape index (κ1) is 17.4. The Morgan fingerprint density at radius 2 is 1.75 bits per heavy atom. The first-order valence-electron chi connectivity index (χ1n) is 6.53. The normalized spacial score (nSPS) is 19.6. The maximum absolute atomic E-state index is 12.1. The smallest absolute Gasteiger partial charge is 0.321 e. The van der Waals surface area contributed by atoms with Crippen LogP contribution in [0.4, 0.5) is 0 Å². The predicted molar refractivity (Wildman–Crippen MR) is 74.7 cm³/mol. The number of sulfone groups is 1. The van der Waals surface area contributed by atoms with Crippen molar-refractivity contribution in [2.75, 3.05) is 12.0 Å². The molecule has 118 valence electrons. The van der Waals surface area contributed by atoms with Gasteiger partial charge in [-0.3, -0.25) is 4.79 Å². The first-order valence-corrected chi connectivity index (χ1v) is 10.1. The van der Waals surface area contributed by atoms with Crippen LogP contribution >= 0.6 is 0 Å². The summed E-state index contributed by atoms with van der Waals surface area (Å²) >= 11 is 0. The zero-order valence-electron chi connectivity index (χ0n) is 11.4. The van der Waals surface area contributed by atoms with E-state index >= 15 is 0 Å². The van der Waals surface area contributed by atoms with Crippen LogP contribution in [0.1, 0.15) is 38.5 Å². The first-order chi connectivity index (χ1) is 9.12. The number of carbonyl (C=O) groups is 1. The molecule has 0 heterocycles. The van der Waals surface area contributed by atoms with Crippen molar-refractivity contribution in [3.05, 3.63) is 0 Å². The molecular formula is C11H21NO6S2. The van der Waals surface area contributed by atoms with Crippen molar-refractivity contribution in [3.63, 3.8) is 0 Å². The van der Waals surface area contributed by atoms with Gasteiger partial charge in [0, 0.05) is 6.26 Å². The summed E-state index contributed by atoms with van der Waals surface area (Å²) in [6, 6.07) is -1.39. The molecule has 0 spiro atoms. The van der Waals surface area contributed by atoms with Gasteiger partial charge >= 0.3 is 5.97 Å². The standard InChI is InChI=1S/C11H21NO6S2/c1-19(15,16)8-7-10(11(13)14)12-20(17,18)9-5-3-2-4-6-9/h9-10,12H,2-8H2,1H3,(H,13,14). The average Bonchev–Trinajstić information content (AvgIpc) is 2.34. The molecule has 0 amide bonds. The van der Waals surface area contributed by atoms with Gasteiger partial charge in [-0.2, -0.15) is 0 Å². The quantitative estimate of drug-likeness (QED) is 0.686. The van der Waals surface area contributed by atoms with Crippen molar-refractivity contribution >= 4 is 25.8 Å². The lowest BCUT2D eigenvalue weighted by molar-refractivity contribution is -0.139. The molecule has 1 atom stereocenters. The molecule has 9 heteroatoms. The van der Waals surface area contributed by atoms with Gasteiger partial charge in [0.25, 0.3) is 0 Å². The molecule has 1 saturated carbocycles. The van der Waals surface area contributed by atoms with E-state index in [2.05, 4.69) is 4.72 Å². The Balaban J connectivity index is 2.71. The van der Waals surface area contributed by atoms with Gasteiger partial charge in [-0.05, 0) is 19.3 Å². The summed E-state index contributed by atoms with van der Waals surface area (Å²) in [6.07, 6.45) is 4.38. The molecule has 7 nitrogen and oxygen atoms in total. The van der Waals surface area contributed by atoms with E-state index in [0.29, 0.717) is 12.8 Å². The zero-order chi connectivity index (χ0) is 15.4. The maximum atomic E-state index is 12.1. The van der Waals surface area contributed by atoms with Crippen molar-refractivity contribution in [2.24, 2.45) is 0 Å². The van der Waals surface area contributed by atoms with Crippen molar-refractivity contribution in [1.82, 2.24) is 4.72 Å². The van der Waals surface area contributed by atoms with Gasteiger partial charge in [0.15, 0.2) is 0 Å². The number of rotatable bonds is 7. The molecule has 0 aromatic heterocycles. The molecule has 1 aliphatic carbocycles. The van der Waals surface area contributed by atoms with E-state index in [1.807, 2.05) is 0 Å². The second kappa shape index (κ2) is 6.86. The second-order valence-corrected chi connectivity index (χ2v) is 9.48. The fourth-order valence-electron chi connectivity index (χ4n) is 2.23. The van der Waals surface area contributed by atoms with E-state index in [4.69, 9.17) is 5.11 Å². The molecule has 0 radical (unpaired) electrons. The molecular weight excluding hydrogens is 306 g/mol. The minimum Gasteiger partial charge on any atom is -0.480 e. The number of carboxylic acid groups (broad SMARTS) is 1. The van der Waals surface area contributed by atoms with Crippen LogP contribution in [0.25, 0.3) is 0 Å². The number of sulfonamides is 1. The molecule has 1 unspecified atom stereocenters. The van der Waals surface area contributed by atoms with Gasteiger partial charge in [-0.1, -0.05) is 19.3 Å². The Labute approximate surface area is 119 Å². The highest BCUT2D eigenvalue weighted by atomic mass is 32.2. The lowest BCUT2D eigenvalue weighted by atomic mass is 10.0. The number of nitrogens with one attached hydrogen (secondary N) is 1. The third-order valence-corrected chi connectivity index (χ3v) is 6.31. The number of carboxylic acids is 1. The predicted octanol–water partition coefficient (Wildman–Crippen LogP) is 0.126. The summed E-state index contributed by atoms with van der Waals surface area (Å²) in [5.41, 5.74) is 0. The SMILES string of the molecule is CS(=O)(=O)CCC(NS(=O)(=O)C1CCCCC1)C(=O)O. The van der Waals surface area contributed by atoms with Gasteiger partial charge in [-0.15, -0.1) is 0 Å². The lowest BCUT2D eigenvalue weighted by Crippen LogP contribution is -2.46. The Bertz CT molecular complexity index is 533. The van der Waals surface area contributed by atoms with Crippen molar-refractivity contribution in [1.29, 1.82) is 0 Å². The summed E-state index contributed by atoms with van der Waals surface area (Å²) < 4.78 is 48.5. The van der Waals surface area contributed by atoms with E-state index in [0.717, 1.165) is 25.5 Å². The van der Waals surface area contributed by atoms with Crippen LogP contribution in [0, 0.1) is 0 Å². The highest BCUT2D eigenvalue weighted by Gasteiger charge is 2.32. The van der Waals surface area contributed by atoms with Crippen LogP contribution in [0.5, 0.6) is 0 Å². The molecule has 0 aliphatic heterocycles. The molecule has 2 N–H and O–H groups in total. The number of aliphatic carboxylic acids is 1.